The summed E-state index contributed by atoms with van der Waals surface area (Å²) in [6, 6.07) is 8.43. The van der Waals surface area contributed by atoms with Gasteiger partial charge in [0.15, 0.2) is 5.82 Å². The fourth-order valence-electron chi connectivity index (χ4n) is 3.78. The summed E-state index contributed by atoms with van der Waals surface area (Å²) in [5.74, 6) is 2.88. The number of piperidine rings is 1. The molecule has 27 heavy (non-hydrogen) atoms. The van der Waals surface area contributed by atoms with E-state index in [1.165, 1.54) is 6.42 Å². The Morgan fingerprint density at radius 2 is 2.00 bits per heavy atom. The number of hydrogen-bond donors (Lipinski definition) is 0. The highest BCUT2D eigenvalue weighted by Crippen LogP contribution is 2.27. The lowest BCUT2D eigenvalue weighted by Crippen LogP contribution is -2.37. The molecule has 4 heterocycles. The second-order valence-corrected chi connectivity index (χ2v) is 6.96. The van der Waals surface area contributed by atoms with E-state index in [9.17, 15) is 0 Å². The first-order valence-electron chi connectivity index (χ1n) is 9.84. The molecule has 0 saturated carbocycles. The van der Waals surface area contributed by atoms with Crippen LogP contribution in [0.3, 0.4) is 0 Å². The summed E-state index contributed by atoms with van der Waals surface area (Å²) in [7, 11) is 0. The maximum Gasteiger partial charge on any atom is 0.180 e. The first kappa shape index (κ1) is 17.6. The molecule has 1 unspecified atom stereocenters. The average Bonchev–Trinajstić information content (AvgIpc) is 3.23. The first-order valence-corrected chi connectivity index (χ1v) is 9.84. The SMILES string of the molecule is CCc1cc(N2CCCC(n3ccnc3CC)C2)nc(-c2ccccn2)n1. The van der Waals surface area contributed by atoms with E-state index in [4.69, 9.17) is 9.97 Å². The predicted octanol–water partition coefficient (Wildman–Crippen LogP) is 3.70. The molecule has 140 valence electrons. The van der Waals surface area contributed by atoms with Crippen molar-refractivity contribution in [2.75, 3.05) is 18.0 Å². The third-order valence-corrected chi connectivity index (χ3v) is 5.20. The maximum absolute atomic E-state index is 4.86. The number of anilines is 1. The lowest BCUT2D eigenvalue weighted by atomic mass is 10.0. The van der Waals surface area contributed by atoms with Gasteiger partial charge >= 0.3 is 0 Å². The standard InChI is InChI=1S/C21H26N6/c1-3-16-14-20(25-21(24-16)18-9-5-6-10-22-18)26-12-7-8-17(15-26)27-13-11-23-19(27)4-2/h5-6,9-11,13-14,17H,3-4,7-8,12,15H2,1-2H3. The molecule has 1 saturated heterocycles. The molecule has 0 radical (unpaired) electrons. The topological polar surface area (TPSA) is 59.7 Å². The minimum Gasteiger partial charge on any atom is -0.354 e. The van der Waals surface area contributed by atoms with E-state index in [0.29, 0.717) is 11.9 Å². The first-order chi connectivity index (χ1) is 13.3. The van der Waals surface area contributed by atoms with Crippen LogP contribution in [0.25, 0.3) is 11.5 Å². The summed E-state index contributed by atoms with van der Waals surface area (Å²) in [5.41, 5.74) is 1.88. The van der Waals surface area contributed by atoms with Crippen LogP contribution in [0.4, 0.5) is 5.82 Å². The molecule has 0 spiro atoms. The molecule has 0 N–H and O–H groups in total. The second-order valence-electron chi connectivity index (χ2n) is 6.96. The Morgan fingerprint density at radius 3 is 2.78 bits per heavy atom. The van der Waals surface area contributed by atoms with Crippen LogP contribution in [-0.4, -0.2) is 37.6 Å². The molecule has 6 heteroatoms. The van der Waals surface area contributed by atoms with Crippen LogP contribution >= 0.6 is 0 Å². The van der Waals surface area contributed by atoms with E-state index in [1.807, 2.05) is 24.4 Å². The molecule has 1 atom stereocenters. The van der Waals surface area contributed by atoms with Gasteiger partial charge in [-0.25, -0.2) is 15.0 Å². The van der Waals surface area contributed by atoms with Crippen LogP contribution < -0.4 is 4.90 Å². The van der Waals surface area contributed by atoms with Crippen molar-refractivity contribution in [3.8, 4) is 11.5 Å². The Kier molecular flexibility index (Phi) is 5.14. The number of aryl methyl sites for hydroxylation is 2. The smallest absolute Gasteiger partial charge is 0.180 e. The highest BCUT2D eigenvalue weighted by atomic mass is 15.2. The zero-order valence-electron chi connectivity index (χ0n) is 16.0. The molecule has 3 aromatic heterocycles. The number of rotatable bonds is 5. The van der Waals surface area contributed by atoms with Crippen LogP contribution in [0.15, 0.2) is 42.9 Å². The van der Waals surface area contributed by atoms with Gasteiger partial charge < -0.3 is 9.47 Å². The van der Waals surface area contributed by atoms with Gasteiger partial charge in [0.25, 0.3) is 0 Å². The van der Waals surface area contributed by atoms with Crippen LogP contribution in [0.2, 0.25) is 0 Å². The third kappa shape index (κ3) is 3.70. The van der Waals surface area contributed by atoms with Crippen molar-refractivity contribution in [3.05, 3.63) is 54.4 Å². The van der Waals surface area contributed by atoms with Gasteiger partial charge in [0.05, 0.1) is 6.04 Å². The summed E-state index contributed by atoms with van der Waals surface area (Å²) in [6.07, 6.45) is 9.99. The van der Waals surface area contributed by atoms with Crippen molar-refractivity contribution in [1.82, 2.24) is 24.5 Å². The number of aromatic nitrogens is 5. The normalized spacial score (nSPS) is 17.3. The summed E-state index contributed by atoms with van der Waals surface area (Å²) >= 11 is 0. The number of imidazole rings is 1. The van der Waals surface area contributed by atoms with Crippen LogP contribution in [0.1, 0.15) is 44.2 Å². The molecular weight excluding hydrogens is 336 g/mol. The lowest BCUT2D eigenvalue weighted by Gasteiger charge is -2.35. The minimum absolute atomic E-state index is 0.439. The van der Waals surface area contributed by atoms with Crippen LogP contribution in [0, 0.1) is 0 Å². The summed E-state index contributed by atoms with van der Waals surface area (Å²) in [6.45, 7) is 6.27. The van der Waals surface area contributed by atoms with Gasteiger partial charge in [0, 0.05) is 49.9 Å². The van der Waals surface area contributed by atoms with E-state index < -0.39 is 0 Å². The Morgan fingerprint density at radius 1 is 1.07 bits per heavy atom. The highest BCUT2D eigenvalue weighted by molar-refractivity contribution is 5.54. The zero-order chi connectivity index (χ0) is 18.6. The van der Waals surface area contributed by atoms with E-state index in [0.717, 1.165) is 55.4 Å². The molecule has 1 aliphatic rings. The molecule has 0 aliphatic carbocycles. The molecule has 1 fully saturated rings. The number of pyridine rings is 1. The van der Waals surface area contributed by atoms with Crippen molar-refractivity contribution in [1.29, 1.82) is 0 Å². The third-order valence-electron chi connectivity index (χ3n) is 5.20. The maximum atomic E-state index is 4.86. The lowest BCUT2D eigenvalue weighted by molar-refractivity contribution is 0.394. The van der Waals surface area contributed by atoms with E-state index in [-0.39, 0.29) is 0 Å². The quantitative estimate of drug-likeness (QED) is 0.692. The Bertz CT molecular complexity index is 889. The van der Waals surface area contributed by atoms with Gasteiger partial charge in [-0.3, -0.25) is 4.98 Å². The second kappa shape index (κ2) is 7.86. The van der Waals surface area contributed by atoms with Crippen molar-refractivity contribution >= 4 is 5.82 Å². The number of nitrogens with zero attached hydrogens (tertiary/aromatic N) is 6. The van der Waals surface area contributed by atoms with Crippen molar-refractivity contribution in [2.45, 2.75) is 45.6 Å². The van der Waals surface area contributed by atoms with Crippen molar-refractivity contribution in [3.63, 3.8) is 0 Å². The van der Waals surface area contributed by atoms with Gasteiger partial charge in [-0.15, -0.1) is 0 Å². The molecule has 0 aromatic carbocycles. The average molecular weight is 362 g/mol. The fraction of sp³-hybridized carbons (Fsp3) is 0.429. The Balaban J connectivity index is 1.64. The van der Waals surface area contributed by atoms with E-state index in [1.54, 1.807) is 6.20 Å². The molecule has 6 nitrogen and oxygen atoms in total. The van der Waals surface area contributed by atoms with Gasteiger partial charge in [0.1, 0.15) is 17.3 Å². The summed E-state index contributed by atoms with van der Waals surface area (Å²) in [5, 5.41) is 0. The van der Waals surface area contributed by atoms with Gasteiger partial charge in [-0.1, -0.05) is 19.9 Å². The summed E-state index contributed by atoms with van der Waals surface area (Å²) in [4.78, 5) is 20.9. The fourth-order valence-corrected chi connectivity index (χ4v) is 3.78. The van der Waals surface area contributed by atoms with Crippen molar-refractivity contribution in [2.24, 2.45) is 0 Å². The molecule has 4 rings (SSSR count). The summed E-state index contributed by atoms with van der Waals surface area (Å²) < 4.78 is 2.34. The monoisotopic (exact) mass is 362 g/mol. The van der Waals surface area contributed by atoms with Gasteiger partial charge in [0.2, 0.25) is 0 Å². The molecule has 0 amide bonds. The van der Waals surface area contributed by atoms with E-state index >= 15 is 0 Å². The Hall–Kier alpha value is -2.76. The van der Waals surface area contributed by atoms with Crippen LogP contribution in [0.5, 0.6) is 0 Å². The molecular formula is C21H26N6. The van der Waals surface area contributed by atoms with Crippen molar-refractivity contribution < 1.29 is 0 Å². The minimum atomic E-state index is 0.439. The zero-order valence-corrected chi connectivity index (χ0v) is 16.0. The van der Waals surface area contributed by atoms with E-state index in [2.05, 4.69) is 45.5 Å². The van der Waals surface area contributed by atoms with Gasteiger partial charge in [-0.05, 0) is 31.4 Å². The molecule has 1 aliphatic heterocycles. The van der Waals surface area contributed by atoms with Gasteiger partial charge in [-0.2, -0.15) is 0 Å². The molecule has 0 bridgehead atoms. The largest absolute Gasteiger partial charge is 0.354 e. The Labute approximate surface area is 160 Å². The predicted molar refractivity (Wildman–Crippen MR) is 107 cm³/mol. The highest BCUT2D eigenvalue weighted by Gasteiger charge is 2.24. The molecule has 3 aromatic rings. The van der Waals surface area contributed by atoms with Crippen LogP contribution in [-0.2, 0) is 12.8 Å². The number of hydrogen-bond acceptors (Lipinski definition) is 5.